The number of nitrogens with one attached hydrogen (secondary N) is 2. The first-order valence-electron chi connectivity index (χ1n) is 12.2. The average Bonchev–Trinajstić information content (AvgIpc) is 3.53. The first kappa shape index (κ1) is 26.9. The second kappa shape index (κ2) is 11.2. The van der Waals surface area contributed by atoms with Gasteiger partial charge in [0.2, 0.25) is 0 Å². The number of thiocarbonyl (C=S) groups is 1. The molecule has 2 fully saturated rings. The monoisotopic (exact) mass is 617 g/mol. The Morgan fingerprint density at radius 1 is 1.21 bits per heavy atom. The molecule has 0 unspecified atom stereocenters. The predicted octanol–water partition coefficient (Wildman–Crippen LogP) is 3.45. The van der Waals surface area contributed by atoms with Crippen LogP contribution in [0.25, 0.3) is 10.9 Å². The molecule has 1 aromatic heterocycles. The molecular formula is C26H25BrFN5O5S. The van der Waals surface area contributed by atoms with Crippen LogP contribution in [-0.4, -0.2) is 85.3 Å². The van der Waals surface area contributed by atoms with Gasteiger partial charge in [-0.15, -0.1) is 0 Å². The molecule has 2 amide bonds. The van der Waals surface area contributed by atoms with Crippen LogP contribution >= 0.6 is 28.1 Å². The van der Waals surface area contributed by atoms with Crippen molar-refractivity contribution in [2.75, 3.05) is 56.2 Å². The first-order chi connectivity index (χ1) is 18.7. The Balaban J connectivity index is 1.20. The van der Waals surface area contributed by atoms with Crippen molar-refractivity contribution in [1.29, 1.82) is 0 Å². The lowest BCUT2D eigenvalue weighted by Crippen LogP contribution is -2.50. The van der Waals surface area contributed by atoms with Crippen molar-refractivity contribution in [1.82, 2.24) is 15.2 Å². The maximum atomic E-state index is 15.2. The molecule has 0 radical (unpaired) electrons. The summed E-state index contributed by atoms with van der Waals surface area (Å²) in [7, 11) is 1.44. The minimum Gasteiger partial charge on any atom is -0.474 e. The molecule has 0 saturated carbocycles. The smallest absolute Gasteiger partial charge is 0.414 e. The number of carbonyl (C=O) groups excluding carboxylic acids is 3. The highest BCUT2D eigenvalue weighted by Gasteiger charge is 2.33. The zero-order chi connectivity index (χ0) is 27.7. The van der Waals surface area contributed by atoms with Gasteiger partial charge in [-0.3, -0.25) is 14.5 Å². The minimum absolute atomic E-state index is 0.192. The summed E-state index contributed by atoms with van der Waals surface area (Å²) in [5.41, 5.74) is 1.82. The van der Waals surface area contributed by atoms with Gasteiger partial charge < -0.3 is 29.6 Å². The molecule has 2 aromatic carbocycles. The number of anilines is 2. The predicted molar refractivity (Wildman–Crippen MR) is 151 cm³/mol. The van der Waals surface area contributed by atoms with Crippen LogP contribution in [0.5, 0.6) is 0 Å². The number of benzene rings is 2. The topological polar surface area (TPSA) is 107 Å². The summed E-state index contributed by atoms with van der Waals surface area (Å²) in [5, 5.41) is 3.70. The highest BCUT2D eigenvalue weighted by atomic mass is 79.9. The largest absolute Gasteiger partial charge is 0.474 e. The van der Waals surface area contributed by atoms with E-state index in [9.17, 15) is 14.4 Å². The van der Waals surface area contributed by atoms with Gasteiger partial charge in [-0.1, -0.05) is 15.9 Å². The van der Waals surface area contributed by atoms with E-state index in [2.05, 4.69) is 26.2 Å². The number of cyclic esters (lactones) is 1. The van der Waals surface area contributed by atoms with Gasteiger partial charge in [-0.25, -0.2) is 9.18 Å². The van der Waals surface area contributed by atoms with Crippen molar-refractivity contribution < 1.29 is 28.2 Å². The number of ether oxygens (including phenoxy) is 2. The second-order valence-corrected chi connectivity index (χ2v) is 10.4. The molecule has 2 saturated heterocycles. The summed E-state index contributed by atoms with van der Waals surface area (Å²) < 4.78 is 26.2. The number of piperazine rings is 1. The number of fused-ring (bicyclic) bond motifs is 1. The van der Waals surface area contributed by atoms with E-state index < -0.39 is 29.7 Å². The molecule has 1 atom stereocenters. The summed E-state index contributed by atoms with van der Waals surface area (Å²) in [6, 6.07) is 10.0. The van der Waals surface area contributed by atoms with E-state index in [-0.39, 0.29) is 31.4 Å². The van der Waals surface area contributed by atoms with Crippen molar-refractivity contribution in [3.63, 3.8) is 0 Å². The summed E-state index contributed by atoms with van der Waals surface area (Å²) in [4.78, 5) is 46.0. The lowest BCUT2D eigenvalue weighted by molar-refractivity contribution is -0.126. The van der Waals surface area contributed by atoms with Gasteiger partial charge >= 0.3 is 6.09 Å². The van der Waals surface area contributed by atoms with E-state index in [0.717, 1.165) is 9.99 Å². The van der Waals surface area contributed by atoms with Gasteiger partial charge in [-0.2, -0.15) is 0 Å². The molecule has 204 valence electrons. The molecule has 2 N–H and O–H groups in total. The summed E-state index contributed by atoms with van der Waals surface area (Å²) in [6.07, 6.45) is 0.512. The number of ketones is 1. The van der Waals surface area contributed by atoms with Gasteiger partial charge in [0.1, 0.15) is 11.9 Å². The normalized spacial score (nSPS) is 17.4. The number of rotatable bonds is 6. The number of Topliss-reactive ketones (excluding diaryl/α,β-unsaturated/α-hetero) is 1. The number of hydrogen-bond donors (Lipinski definition) is 2. The van der Waals surface area contributed by atoms with Gasteiger partial charge in [-0.05, 0) is 48.6 Å². The second-order valence-electron chi connectivity index (χ2n) is 9.13. The third-order valence-electron chi connectivity index (χ3n) is 6.77. The molecule has 0 spiro atoms. The van der Waals surface area contributed by atoms with Crippen LogP contribution in [0.4, 0.5) is 20.6 Å². The molecule has 13 heteroatoms. The van der Waals surface area contributed by atoms with Crippen molar-refractivity contribution >= 4 is 73.4 Å². The summed E-state index contributed by atoms with van der Waals surface area (Å²) >= 11 is 8.32. The highest BCUT2D eigenvalue weighted by molar-refractivity contribution is 9.10. The van der Waals surface area contributed by atoms with Gasteiger partial charge in [0.05, 0.1) is 37.1 Å². The van der Waals surface area contributed by atoms with Crippen LogP contribution in [0.1, 0.15) is 10.4 Å². The molecule has 0 bridgehead atoms. The van der Waals surface area contributed by atoms with E-state index in [1.54, 1.807) is 24.4 Å². The Morgan fingerprint density at radius 2 is 1.97 bits per heavy atom. The minimum atomic E-state index is -0.589. The molecule has 10 nitrogen and oxygen atoms in total. The van der Waals surface area contributed by atoms with Crippen LogP contribution in [0.15, 0.2) is 47.1 Å². The van der Waals surface area contributed by atoms with Crippen LogP contribution < -0.4 is 15.1 Å². The van der Waals surface area contributed by atoms with Crippen molar-refractivity contribution in [3.8, 4) is 0 Å². The van der Waals surface area contributed by atoms with E-state index in [0.29, 0.717) is 35.4 Å². The van der Waals surface area contributed by atoms with E-state index >= 15 is 4.39 Å². The number of aromatic nitrogens is 1. The molecule has 2 aliphatic heterocycles. The molecular weight excluding hydrogens is 593 g/mol. The zero-order valence-electron chi connectivity index (χ0n) is 20.9. The number of hydrogen-bond acceptors (Lipinski definition) is 7. The SMILES string of the molecule is COC(=S)NC[C@H]1CN(c2ccc(N3CCN(C(=O)C(=O)c4c[nH]c5ccc(Br)cc45)CC3)c(F)c2)C(=O)O1. The lowest BCUT2D eigenvalue weighted by atomic mass is 10.1. The standard InChI is InChI=1S/C26H25BrFN5O5S/c1-37-25(39)30-12-17-14-33(26(36)38-17)16-3-5-22(20(28)11-16)31-6-8-32(9-7-31)24(35)23(34)19-13-29-21-4-2-15(27)10-18(19)21/h2-5,10-11,13,17,29H,6-9,12,14H2,1H3,(H,30,39)/t17-/m0/s1. The van der Waals surface area contributed by atoms with Gasteiger partial charge in [0.15, 0.2) is 0 Å². The summed E-state index contributed by atoms with van der Waals surface area (Å²) in [6.45, 7) is 1.77. The number of carbonyl (C=O) groups is 3. The highest BCUT2D eigenvalue weighted by Crippen LogP contribution is 2.29. The fourth-order valence-electron chi connectivity index (χ4n) is 4.72. The number of methoxy groups -OCH3 is 1. The van der Waals surface area contributed by atoms with E-state index in [1.165, 1.54) is 23.0 Å². The van der Waals surface area contributed by atoms with Crippen molar-refractivity contribution in [3.05, 3.63) is 58.4 Å². The maximum absolute atomic E-state index is 15.2. The van der Waals surface area contributed by atoms with E-state index in [4.69, 9.17) is 21.7 Å². The maximum Gasteiger partial charge on any atom is 0.414 e. The van der Waals surface area contributed by atoms with Crippen molar-refractivity contribution in [2.45, 2.75) is 6.10 Å². The van der Waals surface area contributed by atoms with Crippen molar-refractivity contribution in [2.24, 2.45) is 0 Å². The Hall–Kier alpha value is -3.71. The Labute approximate surface area is 237 Å². The third-order valence-corrected chi connectivity index (χ3v) is 7.57. The first-order valence-corrected chi connectivity index (χ1v) is 13.4. The third kappa shape index (κ3) is 5.55. The fraction of sp³-hybridized carbons (Fsp3) is 0.308. The quantitative estimate of drug-likeness (QED) is 0.246. The fourth-order valence-corrected chi connectivity index (χ4v) is 5.16. The van der Waals surface area contributed by atoms with Crippen LogP contribution in [0, 0.1) is 5.82 Å². The molecule has 39 heavy (non-hydrogen) atoms. The lowest BCUT2D eigenvalue weighted by Gasteiger charge is -2.36. The number of halogens is 2. The number of amides is 2. The number of aromatic amines is 1. The van der Waals surface area contributed by atoms with Crippen LogP contribution in [-0.2, 0) is 14.3 Å². The molecule has 2 aliphatic rings. The molecule has 0 aliphatic carbocycles. The van der Waals surface area contributed by atoms with Crippen LogP contribution in [0.2, 0.25) is 0 Å². The van der Waals surface area contributed by atoms with Crippen LogP contribution in [0.3, 0.4) is 0 Å². The number of H-pyrrole nitrogens is 1. The number of nitrogens with zero attached hydrogens (tertiary/aromatic N) is 3. The van der Waals surface area contributed by atoms with E-state index in [1.807, 2.05) is 17.0 Å². The Morgan fingerprint density at radius 3 is 2.69 bits per heavy atom. The Bertz CT molecular complexity index is 1460. The Kier molecular flexibility index (Phi) is 7.71. The zero-order valence-corrected chi connectivity index (χ0v) is 23.3. The van der Waals surface area contributed by atoms with Gasteiger partial charge in [0.25, 0.3) is 16.9 Å². The molecule has 3 aromatic rings. The average molecular weight is 618 g/mol. The summed E-state index contributed by atoms with van der Waals surface area (Å²) in [5.74, 6) is -1.67. The molecule has 5 rings (SSSR count). The van der Waals surface area contributed by atoms with Gasteiger partial charge in [0, 0.05) is 47.8 Å². The molecule has 3 heterocycles.